The van der Waals surface area contributed by atoms with Crippen molar-refractivity contribution in [1.82, 2.24) is 19.8 Å². The van der Waals surface area contributed by atoms with E-state index < -0.39 is 29.4 Å². The first-order valence-electron chi connectivity index (χ1n) is 15.1. The van der Waals surface area contributed by atoms with Crippen molar-refractivity contribution in [3.8, 4) is 23.2 Å². The van der Waals surface area contributed by atoms with Gasteiger partial charge >= 0.3 is 12.1 Å². The summed E-state index contributed by atoms with van der Waals surface area (Å²) in [6.07, 6.45) is 3.14. The smallest absolute Gasteiger partial charge is 0.410 e. The van der Waals surface area contributed by atoms with Crippen molar-refractivity contribution in [3.05, 3.63) is 48.2 Å². The van der Waals surface area contributed by atoms with Gasteiger partial charge in [0.05, 0.1) is 41.3 Å². The number of benzene rings is 2. The molecular weight excluding hydrogens is 582 g/mol. The molecule has 6 rings (SSSR count). The third-order valence-corrected chi connectivity index (χ3v) is 8.41. The lowest BCUT2D eigenvalue weighted by molar-refractivity contribution is 0.0145. The molecule has 2 aromatic carbocycles. The number of hydrogen-bond donors (Lipinski definition) is 0. The van der Waals surface area contributed by atoms with Crippen LogP contribution >= 0.6 is 0 Å². The van der Waals surface area contributed by atoms with E-state index in [1.807, 2.05) is 4.90 Å². The molecule has 4 aromatic rings. The van der Waals surface area contributed by atoms with Gasteiger partial charge < -0.3 is 28.6 Å². The molecule has 2 aliphatic rings. The zero-order valence-electron chi connectivity index (χ0n) is 25.8. The molecule has 0 N–H and O–H groups in total. The molecule has 45 heavy (non-hydrogen) atoms. The quantitative estimate of drug-likeness (QED) is 0.252. The maximum atomic E-state index is 15.1. The lowest BCUT2D eigenvalue weighted by atomic mass is 9.98. The minimum absolute atomic E-state index is 0.0863. The molecule has 2 atom stereocenters. The van der Waals surface area contributed by atoms with Gasteiger partial charge in [0.1, 0.15) is 35.2 Å². The number of furan rings is 1. The van der Waals surface area contributed by atoms with E-state index in [4.69, 9.17) is 23.9 Å². The van der Waals surface area contributed by atoms with E-state index >= 15 is 8.78 Å². The van der Waals surface area contributed by atoms with Crippen LogP contribution in [0, 0.1) is 23.0 Å². The molecule has 236 valence electrons. The van der Waals surface area contributed by atoms with Crippen molar-refractivity contribution >= 4 is 33.8 Å². The predicted molar refractivity (Wildman–Crippen MR) is 165 cm³/mol. The number of piperazine rings is 1. The van der Waals surface area contributed by atoms with Crippen LogP contribution in [0.1, 0.15) is 40.0 Å². The number of hydrogen-bond acceptors (Lipinski definition) is 9. The normalized spacial score (nSPS) is 19.3. The SMILES string of the molecule is CN1CCC[C@H]1COc1nc(N2CCN(C(=O)OC(C)(C)C)[C@@H](CC#N)C2)c2c(cc(-c3c(F)cccc3F)c3ccoc32)n1. The first kappa shape index (κ1) is 30.5. The fourth-order valence-electron chi connectivity index (χ4n) is 6.20. The van der Waals surface area contributed by atoms with Gasteiger partial charge in [-0.25, -0.2) is 13.6 Å². The Morgan fingerprint density at radius 1 is 1.13 bits per heavy atom. The number of carbonyl (C=O) groups excluding carboxylic acids is 1. The summed E-state index contributed by atoms with van der Waals surface area (Å²) in [5.41, 5.74) is 0.190. The fourth-order valence-corrected chi connectivity index (χ4v) is 6.20. The molecule has 2 aromatic heterocycles. The molecule has 0 bridgehead atoms. The maximum absolute atomic E-state index is 15.1. The van der Waals surface area contributed by atoms with Gasteiger partial charge in [-0.3, -0.25) is 0 Å². The van der Waals surface area contributed by atoms with Crippen LogP contribution < -0.4 is 9.64 Å². The van der Waals surface area contributed by atoms with Crippen LogP contribution in [0.25, 0.3) is 33.0 Å². The van der Waals surface area contributed by atoms with Gasteiger partial charge in [-0.15, -0.1) is 0 Å². The van der Waals surface area contributed by atoms with Gasteiger partial charge in [0, 0.05) is 36.6 Å². The van der Waals surface area contributed by atoms with Crippen LogP contribution in [0.3, 0.4) is 0 Å². The molecule has 2 aliphatic heterocycles. The summed E-state index contributed by atoms with van der Waals surface area (Å²) in [6.45, 7) is 7.71. The number of ether oxygens (including phenoxy) is 2. The summed E-state index contributed by atoms with van der Waals surface area (Å²) in [7, 11) is 2.05. The molecule has 0 spiro atoms. The molecule has 0 unspecified atom stereocenters. The molecule has 2 fully saturated rings. The minimum atomic E-state index is -0.704. The highest BCUT2D eigenvalue weighted by atomic mass is 19.1. The number of nitriles is 1. The van der Waals surface area contributed by atoms with Crippen molar-refractivity contribution in [2.24, 2.45) is 0 Å². The Morgan fingerprint density at radius 3 is 2.60 bits per heavy atom. The Bertz CT molecular complexity index is 1760. The van der Waals surface area contributed by atoms with E-state index in [1.54, 1.807) is 37.8 Å². The second-order valence-corrected chi connectivity index (χ2v) is 12.6. The number of rotatable bonds is 6. The lowest BCUT2D eigenvalue weighted by Gasteiger charge is -2.41. The number of nitrogens with zero attached hydrogens (tertiary/aromatic N) is 6. The van der Waals surface area contributed by atoms with E-state index in [9.17, 15) is 10.1 Å². The molecule has 0 saturated carbocycles. The zero-order chi connectivity index (χ0) is 31.9. The highest BCUT2D eigenvalue weighted by molar-refractivity contribution is 6.14. The van der Waals surface area contributed by atoms with Crippen LogP contribution in [-0.4, -0.2) is 83.4 Å². The van der Waals surface area contributed by atoms with E-state index in [2.05, 4.69) is 18.0 Å². The minimum Gasteiger partial charge on any atom is -0.463 e. The first-order valence-corrected chi connectivity index (χ1v) is 15.1. The molecule has 0 radical (unpaired) electrons. The van der Waals surface area contributed by atoms with Gasteiger partial charge in [0.2, 0.25) is 0 Å². The van der Waals surface area contributed by atoms with Crippen molar-refractivity contribution < 1.29 is 27.5 Å². The summed E-state index contributed by atoms with van der Waals surface area (Å²) in [5.74, 6) is -0.920. The molecular formula is C33H36F2N6O4. The summed E-state index contributed by atoms with van der Waals surface area (Å²) >= 11 is 0. The van der Waals surface area contributed by atoms with E-state index in [0.29, 0.717) is 46.4 Å². The van der Waals surface area contributed by atoms with Crippen LogP contribution in [0.4, 0.5) is 19.4 Å². The standard InChI is InChI=1S/C33H36F2N6O4/c1-33(2,3)45-32(42)41-15-14-40(18-20(41)10-12-36)30-28-26(37-31(38-30)44-19-21-7-6-13-39(21)4)17-23(22-11-16-43-29(22)28)27-24(34)8-5-9-25(27)35/h5,8-9,11,16-17,20-21H,6-7,10,13-15,18-19H2,1-4H3/t20-,21-/m0/s1. The first-order chi connectivity index (χ1) is 21.5. The number of halogens is 2. The van der Waals surface area contributed by atoms with Gasteiger partial charge in [-0.1, -0.05) is 6.07 Å². The van der Waals surface area contributed by atoms with Crippen molar-refractivity contribution in [1.29, 1.82) is 5.26 Å². The number of fused-ring (bicyclic) bond motifs is 3. The van der Waals surface area contributed by atoms with Crippen LogP contribution in [0.5, 0.6) is 6.01 Å². The Morgan fingerprint density at radius 2 is 1.91 bits per heavy atom. The summed E-state index contributed by atoms with van der Waals surface area (Å²) in [6, 6.07) is 9.11. The Balaban J connectivity index is 1.46. The topological polar surface area (TPSA) is 108 Å². The van der Waals surface area contributed by atoms with Crippen LogP contribution in [0.2, 0.25) is 0 Å². The summed E-state index contributed by atoms with van der Waals surface area (Å²) < 4.78 is 47.9. The largest absolute Gasteiger partial charge is 0.463 e. The Labute approximate surface area is 260 Å². The third kappa shape index (κ3) is 6.09. The lowest BCUT2D eigenvalue weighted by Crippen LogP contribution is -2.56. The average molecular weight is 619 g/mol. The number of carbonyl (C=O) groups is 1. The molecule has 12 heteroatoms. The number of anilines is 1. The monoisotopic (exact) mass is 618 g/mol. The van der Waals surface area contributed by atoms with E-state index in [0.717, 1.165) is 19.4 Å². The van der Waals surface area contributed by atoms with Crippen LogP contribution in [0.15, 0.2) is 41.0 Å². The van der Waals surface area contributed by atoms with Gasteiger partial charge in [0.15, 0.2) is 0 Å². The molecule has 1 amide bonds. The second kappa shape index (κ2) is 12.1. The van der Waals surface area contributed by atoms with Crippen molar-refractivity contribution in [2.45, 2.75) is 57.7 Å². The molecule has 4 heterocycles. The summed E-state index contributed by atoms with van der Waals surface area (Å²) in [4.78, 5) is 28.4. The third-order valence-electron chi connectivity index (χ3n) is 8.41. The van der Waals surface area contributed by atoms with Gasteiger partial charge in [-0.05, 0) is 71.5 Å². The molecule has 2 saturated heterocycles. The Kier molecular flexibility index (Phi) is 8.22. The summed E-state index contributed by atoms with van der Waals surface area (Å²) in [5, 5.41) is 10.7. The molecule has 0 aliphatic carbocycles. The number of amides is 1. The number of likely N-dealkylation sites (N-methyl/N-ethyl adjacent to an activating group) is 1. The van der Waals surface area contributed by atoms with E-state index in [1.165, 1.54) is 24.5 Å². The van der Waals surface area contributed by atoms with E-state index in [-0.39, 0.29) is 37.1 Å². The zero-order valence-corrected chi connectivity index (χ0v) is 25.8. The fraction of sp³-hybridized carbons (Fsp3) is 0.455. The Hall–Kier alpha value is -4.50. The highest BCUT2D eigenvalue weighted by Crippen LogP contribution is 2.41. The maximum Gasteiger partial charge on any atom is 0.410 e. The van der Waals surface area contributed by atoms with Crippen molar-refractivity contribution in [2.75, 3.05) is 44.7 Å². The second-order valence-electron chi connectivity index (χ2n) is 12.6. The predicted octanol–water partition coefficient (Wildman–Crippen LogP) is 6.13. The number of aromatic nitrogens is 2. The van der Waals surface area contributed by atoms with Gasteiger partial charge in [0.25, 0.3) is 0 Å². The van der Waals surface area contributed by atoms with Crippen molar-refractivity contribution in [3.63, 3.8) is 0 Å². The molecule has 10 nitrogen and oxygen atoms in total. The number of likely N-dealkylation sites (tertiary alicyclic amines) is 1. The van der Waals surface area contributed by atoms with Crippen LogP contribution in [-0.2, 0) is 4.74 Å². The van der Waals surface area contributed by atoms with Gasteiger partial charge in [-0.2, -0.15) is 15.2 Å². The highest BCUT2D eigenvalue weighted by Gasteiger charge is 2.35. The average Bonchev–Trinajstić information content (AvgIpc) is 3.64.